The molecular formula is C25H30FN7O. The number of fused-ring (bicyclic) bond motifs is 1. The van der Waals surface area contributed by atoms with Crippen molar-refractivity contribution in [3.05, 3.63) is 54.1 Å². The average molecular weight is 464 g/mol. The van der Waals surface area contributed by atoms with Crippen molar-refractivity contribution in [2.24, 2.45) is 5.92 Å². The van der Waals surface area contributed by atoms with Crippen LogP contribution in [0.1, 0.15) is 57.4 Å². The van der Waals surface area contributed by atoms with Crippen LogP contribution in [0.5, 0.6) is 0 Å². The summed E-state index contributed by atoms with van der Waals surface area (Å²) in [5.41, 5.74) is 3.14. The number of benzene rings is 1. The first-order chi connectivity index (χ1) is 16.5. The van der Waals surface area contributed by atoms with Gasteiger partial charge in [-0.25, -0.2) is 13.9 Å². The number of nitrogens with one attached hydrogen (secondary N) is 1. The highest BCUT2D eigenvalue weighted by atomic mass is 19.1. The van der Waals surface area contributed by atoms with Crippen LogP contribution in [-0.2, 0) is 6.54 Å². The summed E-state index contributed by atoms with van der Waals surface area (Å²) in [6, 6.07) is 6.72. The maximum atomic E-state index is 14.5. The number of rotatable bonds is 7. The van der Waals surface area contributed by atoms with Crippen LogP contribution in [0.2, 0.25) is 0 Å². The van der Waals surface area contributed by atoms with Gasteiger partial charge in [-0.3, -0.25) is 4.90 Å². The molecule has 1 aliphatic heterocycles. The summed E-state index contributed by atoms with van der Waals surface area (Å²) in [6.45, 7) is 9.25. The van der Waals surface area contributed by atoms with Gasteiger partial charge in [0.15, 0.2) is 5.82 Å². The zero-order chi connectivity index (χ0) is 23.7. The smallest absolute Gasteiger partial charge is 0.229 e. The molecule has 178 valence electrons. The van der Waals surface area contributed by atoms with Crippen LogP contribution < -0.4 is 5.32 Å². The van der Waals surface area contributed by atoms with Crippen LogP contribution in [0, 0.1) is 11.7 Å². The second-order valence-corrected chi connectivity index (χ2v) is 9.34. The topological polar surface area (TPSA) is 84.4 Å². The van der Waals surface area contributed by atoms with Gasteiger partial charge >= 0.3 is 0 Å². The van der Waals surface area contributed by atoms with E-state index in [1.807, 2.05) is 24.6 Å². The van der Waals surface area contributed by atoms with E-state index in [1.54, 1.807) is 6.07 Å². The molecule has 5 rings (SSSR count). The van der Waals surface area contributed by atoms with E-state index in [4.69, 9.17) is 4.52 Å². The first kappa shape index (κ1) is 22.5. The lowest BCUT2D eigenvalue weighted by molar-refractivity contribution is 0.175. The molecule has 4 aromatic rings. The van der Waals surface area contributed by atoms with Crippen LogP contribution >= 0.6 is 0 Å². The van der Waals surface area contributed by atoms with Gasteiger partial charge in [0, 0.05) is 29.9 Å². The van der Waals surface area contributed by atoms with E-state index >= 15 is 0 Å². The summed E-state index contributed by atoms with van der Waals surface area (Å²) in [4.78, 5) is 11.4. The largest absolute Gasteiger partial charge is 0.339 e. The molecule has 8 nitrogen and oxygen atoms in total. The van der Waals surface area contributed by atoms with Gasteiger partial charge < -0.3 is 9.84 Å². The third-order valence-electron chi connectivity index (χ3n) is 6.57. The average Bonchev–Trinajstić information content (AvgIpc) is 3.48. The van der Waals surface area contributed by atoms with Crippen LogP contribution in [0.3, 0.4) is 0 Å². The SMILES string of the molecule is CCC1CCN(Cc2ccn3ncnc(Nc4cc(F)cc(-c5noc(C(C)C)n5)c4)c23)CC1. The standard InChI is InChI=1S/C25H30FN7O/c1-4-17-5-8-32(9-6-17)14-18-7-10-33-22(18)24(27-15-28-33)29-21-12-19(11-20(26)13-21)23-30-25(16(2)3)34-31-23/h7,10-13,15-17H,4-6,8-9,14H2,1-3H3,(H,27,28,29). The van der Waals surface area contributed by atoms with Crippen molar-refractivity contribution >= 4 is 17.0 Å². The van der Waals surface area contributed by atoms with Gasteiger partial charge in [0.2, 0.25) is 11.7 Å². The van der Waals surface area contributed by atoms with Gasteiger partial charge in [-0.15, -0.1) is 0 Å². The number of hydrogen-bond donors (Lipinski definition) is 1. The van der Waals surface area contributed by atoms with Gasteiger partial charge in [-0.2, -0.15) is 10.1 Å². The number of likely N-dealkylation sites (tertiary alicyclic amines) is 1. The maximum absolute atomic E-state index is 14.5. The Balaban J connectivity index is 1.42. The van der Waals surface area contributed by atoms with Crippen LogP contribution in [0.15, 0.2) is 41.3 Å². The third kappa shape index (κ3) is 4.65. The second-order valence-electron chi connectivity index (χ2n) is 9.34. The van der Waals surface area contributed by atoms with Gasteiger partial charge in [0.1, 0.15) is 17.7 Å². The molecule has 1 aliphatic rings. The lowest BCUT2D eigenvalue weighted by Crippen LogP contribution is -2.33. The molecule has 0 unspecified atom stereocenters. The monoisotopic (exact) mass is 463 g/mol. The Kier molecular flexibility index (Phi) is 6.28. The highest BCUT2D eigenvalue weighted by Gasteiger charge is 2.20. The molecule has 0 radical (unpaired) electrons. The predicted molar refractivity (Wildman–Crippen MR) is 128 cm³/mol. The number of halogens is 1. The minimum absolute atomic E-state index is 0.0993. The summed E-state index contributed by atoms with van der Waals surface area (Å²) >= 11 is 0. The molecule has 4 heterocycles. The highest BCUT2D eigenvalue weighted by Crippen LogP contribution is 2.29. The van der Waals surface area contributed by atoms with E-state index in [9.17, 15) is 4.39 Å². The molecule has 0 saturated carbocycles. The Morgan fingerprint density at radius 1 is 1.21 bits per heavy atom. The number of nitrogens with zero attached hydrogens (tertiary/aromatic N) is 6. The summed E-state index contributed by atoms with van der Waals surface area (Å²) in [6.07, 6.45) is 7.18. The molecule has 0 bridgehead atoms. The molecule has 9 heteroatoms. The normalized spacial score (nSPS) is 15.4. The van der Waals surface area contributed by atoms with E-state index in [1.165, 1.54) is 37.7 Å². The zero-order valence-electron chi connectivity index (χ0n) is 19.8. The van der Waals surface area contributed by atoms with Crippen molar-refractivity contribution in [1.29, 1.82) is 0 Å². The van der Waals surface area contributed by atoms with Crippen molar-refractivity contribution in [3.63, 3.8) is 0 Å². The Bertz CT molecular complexity index is 1270. The van der Waals surface area contributed by atoms with Crippen molar-refractivity contribution < 1.29 is 8.91 Å². The Hall–Kier alpha value is -3.33. The number of aromatic nitrogens is 5. The van der Waals surface area contributed by atoms with Crippen LogP contribution in [0.4, 0.5) is 15.9 Å². The fourth-order valence-corrected chi connectivity index (χ4v) is 4.55. The molecule has 0 amide bonds. The molecule has 34 heavy (non-hydrogen) atoms. The molecule has 0 atom stereocenters. The van der Waals surface area contributed by atoms with Gasteiger partial charge in [0.05, 0.1) is 0 Å². The van der Waals surface area contributed by atoms with E-state index < -0.39 is 5.82 Å². The fourth-order valence-electron chi connectivity index (χ4n) is 4.55. The second kappa shape index (κ2) is 9.50. The fraction of sp³-hybridized carbons (Fsp3) is 0.440. The third-order valence-corrected chi connectivity index (χ3v) is 6.57. The molecule has 3 aromatic heterocycles. The molecule has 0 spiro atoms. The maximum Gasteiger partial charge on any atom is 0.229 e. The minimum Gasteiger partial charge on any atom is -0.339 e. The van der Waals surface area contributed by atoms with Gasteiger partial charge in [0.25, 0.3) is 0 Å². The highest BCUT2D eigenvalue weighted by molar-refractivity contribution is 5.77. The Morgan fingerprint density at radius 3 is 2.76 bits per heavy atom. The van der Waals surface area contributed by atoms with E-state index in [-0.39, 0.29) is 5.92 Å². The first-order valence-corrected chi connectivity index (χ1v) is 11.9. The molecule has 1 aromatic carbocycles. The summed E-state index contributed by atoms with van der Waals surface area (Å²) in [5, 5.41) is 11.7. The lowest BCUT2D eigenvalue weighted by atomic mass is 9.94. The zero-order valence-corrected chi connectivity index (χ0v) is 19.8. The summed E-state index contributed by atoms with van der Waals surface area (Å²) in [5.74, 6) is 2.05. The van der Waals surface area contributed by atoms with Crippen LogP contribution in [0.25, 0.3) is 16.9 Å². The number of hydrogen-bond acceptors (Lipinski definition) is 7. The number of piperidine rings is 1. The molecule has 1 saturated heterocycles. The Morgan fingerprint density at radius 2 is 2.03 bits per heavy atom. The Labute approximate surface area is 198 Å². The summed E-state index contributed by atoms with van der Waals surface area (Å²) in [7, 11) is 0. The van der Waals surface area contributed by atoms with Crippen molar-refractivity contribution in [2.45, 2.75) is 52.5 Å². The van der Waals surface area contributed by atoms with Gasteiger partial charge in [-0.05, 0) is 61.7 Å². The molecule has 1 N–H and O–H groups in total. The molecule has 1 fully saturated rings. The predicted octanol–water partition coefficient (Wildman–Crippen LogP) is 5.41. The van der Waals surface area contributed by atoms with Crippen molar-refractivity contribution in [3.8, 4) is 11.4 Å². The quantitative estimate of drug-likeness (QED) is 0.392. The molecular weight excluding hydrogens is 433 g/mol. The molecule has 0 aliphatic carbocycles. The van der Waals surface area contributed by atoms with E-state index in [0.717, 1.165) is 36.6 Å². The summed E-state index contributed by atoms with van der Waals surface area (Å²) < 4.78 is 21.6. The minimum atomic E-state index is -0.393. The van der Waals surface area contributed by atoms with E-state index in [2.05, 4.69) is 43.4 Å². The van der Waals surface area contributed by atoms with Crippen LogP contribution in [-0.4, -0.2) is 42.7 Å². The lowest BCUT2D eigenvalue weighted by Gasteiger charge is -2.31. The van der Waals surface area contributed by atoms with E-state index in [0.29, 0.717) is 28.8 Å². The number of anilines is 2. The van der Waals surface area contributed by atoms with Crippen molar-refractivity contribution in [2.75, 3.05) is 18.4 Å². The van der Waals surface area contributed by atoms with Crippen molar-refractivity contribution in [1.82, 2.24) is 29.6 Å². The van der Waals surface area contributed by atoms with Gasteiger partial charge in [-0.1, -0.05) is 32.3 Å². The first-order valence-electron chi connectivity index (χ1n) is 11.9.